The first-order chi connectivity index (χ1) is 12.1. The number of aliphatic hydroxyl groups excluding tert-OH is 1. The minimum Gasteiger partial charge on any atom is -0.497 e. The van der Waals surface area contributed by atoms with Gasteiger partial charge >= 0.3 is 6.03 Å². The molecule has 2 rings (SSSR count). The zero-order valence-electron chi connectivity index (χ0n) is 14.7. The second kappa shape index (κ2) is 9.69. The molecule has 134 valence electrons. The lowest BCUT2D eigenvalue weighted by Crippen LogP contribution is -2.40. The van der Waals surface area contributed by atoms with Gasteiger partial charge in [-0.1, -0.05) is 49.4 Å². The summed E-state index contributed by atoms with van der Waals surface area (Å²) in [5.41, 5.74) is 1.98. The van der Waals surface area contributed by atoms with E-state index in [1.807, 2.05) is 61.5 Å². The highest BCUT2D eigenvalue weighted by Gasteiger charge is 2.17. The van der Waals surface area contributed by atoms with Crippen LogP contribution >= 0.6 is 0 Å². The van der Waals surface area contributed by atoms with Crippen molar-refractivity contribution in [1.29, 1.82) is 0 Å². The smallest absolute Gasteiger partial charge is 0.315 e. The Hall–Kier alpha value is -2.53. The molecule has 5 heteroatoms. The van der Waals surface area contributed by atoms with E-state index in [0.717, 1.165) is 16.9 Å². The summed E-state index contributed by atoms with van der Waals surface area (Å²) in [6, 6.07) is 17.0. The number of rotatable bonds is 8. The summed E-state index contributed by atoms with van der Waals surface area (Å²) in [6.07, 6.45) is 0.668. The molecule has 2 unspecified atom stereocenters. The van der Waals surface area contributed by atoms with Gasteiger partial charge in [-0.15, -0.1) is 0 Å². The van der Waals surface area contributed by atoms with E-state index in [9.17, 15) is 4.79 Å². The van der Waals surface area contributed by atoms with Crippen molar-refractivity contribution in [3.63, 3.8) is 0 Å². The molecule has 2 atom stereocenters. The van der Waals surface area contributed by atoms with Gasteiger partial charge in [-0.2, -0.15) is 0 Å². The van der Waals surface area contributed by atoms with E-state index >= 15 is 0 Å². The number of urea groups is 1. The van der Waals surface area contributed by atoms with Gasteiger partial charge in [-0.3, -0.25) is 0 Å². The van der Waals surface area contributed by atoms with E-state index < -0.39 is 0 Å². The van der Waals surface area contributed by atoms with E-state index in [1.54, 1.807) is 7.11 Å². The molecule has 0 spiro atoms. The lowest BCUT2D eigenvalue weighted by molar-refractivity contribution is 0.232. The van der Waals surface area contributed by atoms with E-state index in [2.05, 4.69) is 10.6 Å². The molecule has 3 N–H and O–H groups in total. The van der Waals surface area contributed by atoms with Crippen molar-refractivity contribution in [2.75, 3.05) is 20.3 Å². The Bertz CT molecular complexity index is 644. The largest absolute Gasteiger partial charge is 0.497 e. The van der Waals surface area contributed by atoms with Gasteiger partial charge in [-0.25, -0.2) is 4.79 Å². The lowest BCUT2D eigenvalue weighted by Gasteiger charge is -2.21. The van der Waals surface area contributed by atoms with Crippen LogP contribution < -0.4 is 15.4 Å². The second-order valence-electron chi connectivity index (χ2n) is 6.09. The van der Waals surface area contributed by atoms with Gasteiger partial charge in [0.15, 0.2) is 0 Å². The minimum absolute atomic E-state index is 0.128. The van der Waals surface area contributed by atoms with E-state index in [1.165, 1.54) is 0 Å². The summed E-state index contributed by atoms with van der Waals surface area (Å²) in [5, 5.41) is 14.9. The average molecular weight is 342 g/mol. The Balaban J connectivity index is 2.11. The van der Waals surface area contributed by atoms with Crippen molar-refractivity contribution >= 4 is 6.03 Å². The summed E-state index contributed by atoms with van der Waals surface area (Å²) in [4.78, 5) is 12.3. The second-order valence-corrected chi connectivity index (χ2v) is 6.09. The van der Waals surface area contributed by atoms with E-state index in [0.29, 0.717) is 13.0 Å². The van der Waals surface area contributed by atoms with Crippen molar-refractivity contribution in [3.05, 3.63) is 65.7 Å². The summed E-state index contributed by atoms with van der Waals surface area (Å²) < 4.78 is 5.20. The van der Waals surface area contributed by atoms with E-state index in [4.69, 9.17) is 9.84 Å². The Morgan fingerprint density at radius 2 is 1.72 bits per heavy atom. The summed E-state index contributed by atoms with van der Waals surface area (Å²) in [7, 11) is 1.63. The number of amides is 2. The third kappa shape index (κ3) is 5.80. The zero-order valence-corrected chi connectivity index (χ0v) is 14.7. The summed E-state index contributed by atoms with van der Waals surface area (Å²) >= 11 is 0. The SMILES string of the molecule is COc1ccc(C(NC(=O)NCC(C)CCO)c2ccccc2)cc1. The van der Waals surface area contributed by atoms with Crippen LogP contribution in [0, 0.1) is 5.92 Å². The molecule has 5 nitrogen and oxygen atoms in total. The van der Waals surface area contributed by atoms with Gasteiger partial charge in [0.05, 0.1) is 13.2 Å². The molecule has 0 aliphatic rings. The molecule has 0 aliphatic heterocycles. The third-order valence-electron chi connectivity index (χ3n) is 4.09. The van der Waals surface area contributed by atoms with Gasteiger partial charge in [0.2, 0.25) is 0 Å². The number of carbonyl (C=O) groups excluding carboxylic acids is 1. The maximum atomic E-state index is 12.3. The predicted octanol–water partition coefficient (Wildman–Crippen LogP) is 3.10. The highest BCUT2D eigenvalue weighted by atomic mass is 16.5. The van der Waals surface area contributed by atoms with Crippen LogP contribution in [0.2, 0.25) is 0 Å². The minimum atomic E-state index is -0.250. The van der Waals surface area contributed by atoms with Crippen LogP contribution in [0.4, 0.5) is 4.79 Å². The molecular weight excluding hydrogens is 316 g/mol. The Labute approximate surface area is 149 Å². The number of hydrogen-bond acceptors (Lipinski definition) is 3. The van der Waals surface area contributed by atoms with Crippen LogP contribution in [0.3, 0.4) is 0 Å². The fourth-order valence-corrected chi connectivity index (χ4v) is 2.57. The normalized spacial score (nSPS) is 12.9. The van der Waals surface area contributed by atoms with Crippen LogP contribution in [0.25, 0.3) is 0 Å². The molecule has 0 aliphatic carbocycles. The van der Waals surface area contributed by atoms with Crippen LogP contribution in [-0.4, -0.2) is 31.4 Å². The molecule has 0 fully saturated rings. The lowest BCUT2D eigenvalue weighted by atomic mass is 9.99. The quantitative estimate of drug-likeness (QED) is 0.690. The van der Waals surface area contributed by atoms with Crippen molar-refractivity contribution in [3.8, 4) is 5.75 Å². The first-order valence-corrected chi connectivity index (χ1v) is 8.48. The maximum Gasteiger partial charge on any atom is 0.315 e. The number of hydrogen-bond donors (Lipinski definition) is 3. The fraction of sp³-hybridized carbons (Fsp3) is 0.350. The summed E-state index contributed by atoms with van der Waals surface area (Å²) in [6.45, 7) is 2.65. The fourth-order valence-electron chi connectivity index (χ4n) is 2.57. The van der Waals surface area contributed by atoms with Gasteiger partial charge in [0.1, 0.15) is 5.75 Å². The average Bonchev–Trinajstić information content (AvgIpc) is 2.65. The van der Waals surface area contributed by atoms with Gasteiger partial charge in [0, 0.05) is 13.2 Å². The molecule has 25 heavy (non-hydrogen) atoms. The van der Waals surface area contributed by atoms with Crippen LogP contribution in [-0.2, 0) is 0 Å². The maximum absolute atomic E-state index is 12.3. The zero-order chi connectivity index (χ0) is 18.1. The highest BCUT2D eigenvalue weighted by Crippen LogP contribution is 2.24. The molecule has 0 aromatic heterocycles. The van der Waals surface area contributed by atoms with Gasteiger partial charge < -0.3 is 20.5 Å². The van der Waals surface area contributed by atoms with Crippen LogP contribution in [0.15, 0.2) is 54.6 Å². The molecule has 2 amide bonds. The number of carbonyl (C=O) groups is 1. The third-order valence-corrected chi connectivity index (χ3v) is 4.09. The van der Waals surface area contributed by atoms with Crippen LogP contribution in [0.5, 0.6) is 5.75 Å². The Kier molecular flexibility index (Phi) is 7.29. The van der Waals surface area contributed by atoms with Crippen LogP contribution in [0.1, 0.15) is 30.5 Å². The molecule has 0 saturated heterocycles. The van der Waals surface area contributed by atoms with Crippen molar-refractivity contribution < 1.29 is 14.6 Å². The summed E-state index contributed by atoms with van der Waals surface area (Å²) in [5.74, 6) is 1.00. The molecule has 0 heterocycles. The number of methoxy groups -OCH3 is 1. The topological polar surface area (TPSA) is 70.6 Å². The molecular formula is C20H26N2O3. The molecule has 0 bridgehead atoms. The first kappa shape index (κ1) is 18.8. The van der Waals surface area contributed by atoms with Crippen molar-refractivity contribution in [1.82, 2.24) is 10.6 Å². The highest BCUT2D eigenvalue weighted by molar-refractivity contribution is 5.75. The van der Waals surface area contributed by atoms with Crippen molar-refractivity contribution in [2.45, 2.75) is 19.4 Å². The number of ether oxygens (including phenoxy) is 1. The van der Waals surface area contributed by atoms with Gasteiger partial charge in [0.25, 0.3) is 0 Å². The number of aliphatic hydroxyl groups is 1. The first-order valence-electron chi connectivity index (χ1n) is 8.48. The number of nitrogens with one attached hydrogen (secondary N) is 2. The molecule has 0 radical (unpaired) electrons. The van der Waals surface area contributed by atoms with E-state index in [-0.39, 0.29) is 24.6 Å². The Morgan fingerprint density at radius 1 is 1.08 bits per heavy atom. The van der Waals surface area contributed by atoms with Crippen molar-refractivity contribution in [2.24, 2.45) is 5.92 Å². The molecule has 2 aromatic rings. The molecule has 0 saturated carbocycles. The monoisotopic (exact) mass is 342 g/mol. The number of benzene rings is 2. The molecule has 2 aromatic carbocycles. The Morgan fingerprint density at radius 3 is 2.32 bits per heavy atom. The predicted molar refractivity (Wildman–Crippen MR) is 98.7 cm³/mol. The van der Waals surface area contributed by atoms with Gasteiger partial charge in [-0.05, 0) is 35.6 Å². The standard InChI is InChI=1S/C20H26N2O3/c1-15(12-13-23)14-21-20(24)22-19(16-6-4-3-5-7-16)17-8-10-18(25-2)11-9-17/h3-11,15,19,23H,12-14H2,1-2H3,(H2,21,22,24).